The second-order valence-corrected chi connectivity index (χ2v) is 5.65. The van der Waals surface area contributed by atoms with Gasteiger partial charge < -0.3 is 16.0 Å². The van der Waals surface area contributed by atoms with Crippen molar-refractivity contribution >= 4 is 11.5 Å². The molecule has 3 rings (SSSR count). The Bertz CT molecular complexity index is 406. The number of nitrogens with one attached hydrogen (secondary N) is 1. The molecule has 0 spiro atoms. The van der Waals surface area contributed by atoms with Crippen LogP contribution in [0.5, 0.6) is 0 Å². The molecule has 2 aliphatic heterocycles. The van der Waals surface area contributed by atoms with E-state index in [1.54, 1.807) is 6.20 Å². The molecule has 1 aromatic heterocycles. The number of anilines is 2. The van der Waals surface area contributed by atoms with Gasteiger partial charge in [0.05, 0.1) is 5.69 Å². The number of rotatable bonds is 2. The Morgan fingerprint density at radius 1 is 1.33 bits per heavy atom. The molecule has 98 valence electrons. The molecule has 0 saturated carbocycles. The highest BCUT2D eigenvalue weighted by molar-refractivity contribution is 5.61. The lowest BCUT2D eigenvalue weighted by molar-refractivity contribution is 0.0608. The van der Waals surface area contributed by atoms with Gasteiger partial charge in [0.2, 0.25) is 0 Å². The highest BCUT2D eigenvalue weighted by Crippen LogP contribution is 2.34. The van der Waals surface area contributed by atoms with Crippen LogP contribution in [-0.2, 0) is 0 Å². The summed E-state index contributed by atoms with van der Waals surface area (Å²) < 4.78 is 0. The van der Waals surface area contributed by atoms with E-state index in [-0.39, 0.29) is 0 Å². The van der Waals surface area contributed by atoms with Gasteiger partial charge >= 0.3 is 0 Å². The van der Waals surface area contributed by atoms with Crippen molar-refractivity contribution in [2.45, 2.75) is 50.2 Å². The zero-order chi connectivity index (χ0) is 12.5. The molecule has 2 aliphatic rings. The molecule has 2 unspecified atom stereocenters. The van der Waals surface area contributed by atoms with Crippen LogP contribution in [0, 0.1) is 0 Å². The van der Waals surface area contributed by atoms with E-state index < -0.39 is 0 Å². The van der Waals surface area contributed by atoms with E-state index in [0.29, 0.717) is 11.9 Å². The van der Waals surface area contributed by atoms with E-state index in [4.69, 9.17) is 5.73 Å². The Balaban J connectivity index is 1.70. The maximum absolute atomic E-state index is 5.90. The summed E-state index contributed by atoms with van der Waals surface area (Å²) >= 11 is 0. The number of hydrogen-bond donors (Lipinski definition) is 2. The van der Waals surface area contributed by atoms with Crippen LogP contribution in [0.3, 0.4) is 0 Å². The number of nitrogens with zero attached hydrogens (tertiary/aromatic N) is 2. The summed E-state index contributed by atoms with van der Waals surface area (Å²) in [6, 6.07) is 5.99. The molecule has 0 aromatic carbocycles. The Morgan fingerprint density at radius 3 is 2.72 bits per heavy atom. The Morgan fingerprint density at radius 2 is 2.06 bits per heavy atom. The largest absolute Gasteiger partial charge is 0.382 e. The van der Waals surface area contributed by atoms with Crippen LogP contribution in [0.4, 0.5) is 11.5 Å². The first-order chi connectivity index (χ1) is 8.74. The normalized spacial score (nSPS) is 32.2. The number of fused-ring (bicyclic) bond motifs is 2. The predicted octanol–water partition coefficient (Wildman–Crippen LogP) is 2.09. The van der Waals surface area contributed by atoms with Crippen molar-refractivity contribution in [1.29, 1.82) is 0 Å². The van der Waals surface area contributed by atoms with Crippen molar-refractivity contribution in [3.63, 3.8) is 0 Å². The minimum atomic E-state index is 0.544. The highest BCUT2D eigenvalue weighted by Gasteiger charge is 2.35. The molecule has 2 saturated heterocycles. The number of nitrogens with two attached hydrogens (primary N) is 1. The first-order valence-corrected chi connectivity index (χ1v) is 6.93. The number of nitrogen functional groups attached to an aromatic ring is 1. The van der Waals surface area contributed by atoms with E-state index in [1.165, 1.54) is 32.1 Å². The van der Waals surface area contributed by atoms with E-state index in [2.05, 4.69) is 22.2 Å². The van der Waals surface area contributed by atoms with Crippen molar-refractivity contribution < 1.29 is 0 Å². The van der Waals surface area contributed by atoms with E-state index in [0.717, 1.165) is 17.8 Å². The summed E-state index contributed by atoms with van der Waals surface area (Å²) in [7, 11) is 2.28. The van der Waals surface area contributed by atoms with Crippen LogP contribution in [0.1, 0.15) is 32.1 Å². The summed E-state index contributed by atoms with van der Waals surface area (Å²) in [4.78, 5) is 6.71. The van der Waals surface area contributed by atoms with Gasteiger partial charge in [-0.15, -0.1) is 0 Å². The van der Waals surface area contributed by atoms with Gasteiger partial charge in [0.15, 0.2) is 0 Å². The summed E-state index contributed by atoms with van der Waals surface area (Å²) in [6.45, 7) is 0. The first kappa shape index (κ1) is 11.8. The van der Waals surface area contributed by atoms with Gasteiger partial charge in [-0.2, -0.15) is 0 Å². The average Bonchev–Trinajstić information content (AvgIpc) is 2.33. The summed E-state index contributed by atoms with van der Waals surface area (Å²) in [5.74, 6) is 0.613. The van der Waals surface area contributed by atoms with Crippen LogP contribution in [0.15, 0.2) is 18.3 Å². The zero-order valence-corrected chi connectivity index (χ0v) is 11.0. The number of pyridine rings is 1. The lowest BCUT2D eigenvalue weighted by atomic mass is 9.82. The van der Waals surface area contributed by atoms with Crippen molar-refractivity contribution in [3.05, 3.63) is 18.3 Å². The van der Waals surface area contributed by atoms with E-state index in [9.17, 15) is 0 Å². The van der Waals surface area contributed by atoms with Crippen LogP contribution in [0.2, 0.25) is 0 Å². The fraction of sp³-hybridized carbons (Fsp3) is 0.643. The molecule has 2 atom stereocenters. The molecular formula is C14H22N4. The van der Waals surface area contributed by atoms with Gasteiger partial charge in [-0.05, 0) is 44.9 Å². The lowest BCUT2D eigenvalue weighted by Gasteiger charge is -2.47. The first-order valence-electron chi connectivity index (χ1n) is 6.93. The summed E-state index contributed by atoms with van der Waals surface area (Å²) in [5.41, 5.74) is 6.89. The quantitative estimate of drug-likeness (QED) is 0.839. The van der Waals surface area contributed by atoms with Crippen LogP contribution in [-0.4, -0.2) is 35.1 Å². The summed E-state index contributed by atoms with van der Waals surface area (Å²) in [5, 5.41) is 3.58. The number of aromatic nitrogens is 1. The van der Waals surface area contributed by atoms with Gasteiger partial charge in [-0.3, -0.25) is 0 Å². The van der Waals surface area contributed by atoms with Crippen molar-refractivity contribution in [2.24, 2.45) is 0 Å². The molecule has 4 heteroatoms. The fourth-order valence-corrected chi connectivity index (χ4v) is 3.49. The highest BCUT2D eigenvalue weighted by atomic mass is 15.2. The molecule has 2 fully saturated rings. The van der Waals surface area contributed by atoms with Crippen molar-refractivity contribution in [3.8, 4) is 0 Å². The maximum Gasteiger partial charge on any atom is 0.146 e. The molecule has 3 heterocycles. The molecule has 0 amide bonds. The Hall–Kier alpha value is -1.29. The maximum atomic E-state index is 5.90. The third-order valence-corrected chi connectivity index (χ3v) is 4.54. The monoisotopic (exact) mass is 246 g/mol. The molecule has 3 N–H and O–H groups in total. The second kappa shape index (κ2) is 4.76. The van der Waals surface area contributed by atoms with Crippen molar-refractivity contribution in [2.75, 3.05) is 18.1 Å². The van der Waals surface area contributed by atoms with Crippen LogP contribution in [0.25, 0.3) is 0 Å². The van der Waals surface area contributed by atoms with Crippen molar-refractivity contribution in [1.82, 2.24) is 9.88 Å². The molecule has 1 aromatic rings. The zero-order valence-electron chi connectivity index (χ0n) is 11.0. The SMILES string of the molecule is CN1C2CCCC1CC(Nc1cccnc1N)C2. The van der Waals surface area contributed by atoms with Gasteiger partial charge in [0.1, 0.15) is 5.82 Å². The molecule has 18 heavy (non-hydrogen) atoms. The molecule has 4 nitrogen and oxygen atoms in total. The molecular weight excluding hydrogens is 224 g/mol. The van der Waals surface area contributed by atoms with Gasteiger partial charge in [0, 0.05) is 24.3 Å². The number of piperidine rings is 2. The molecule has 0 radical (unpaired) electrons. The Labute approximate surface area is 109 Å². The topological polar surface area (TPSA) is 54.2 Å². The molecule has 2 bridgehead atoms. The second-order valence-electron chi connectivity index (χ2n) is 5.65. The van der Waals surface area contributed by atoms with E-state index >= 15 is 0 Å². The van der Waals surface area contributed by atoms with Gasteiger partial charge in [-0.25, -0.2) is 4.98 Å². The van der Waals surface area contributed by atoms with Crippen LogP contribution >= 0.6 is 0 Å². The standard InChI is InChI=1S/C14H22N4/c1-18-11-4-2-5-12(18)9-10(8-11)17-13-6-3-7-16-14(13)15/h3,6-7,10-12,17H,2,4-5,8-9H2,1H3,(H2,15,16). The minimum Gasteiger partial charge on any atom is -0.382 e. The third-order valence-electron chi connectivity index (χ3n) is 4.54. The van der Waals surface area contributed by atoms with Gasteiger partial charge in [-0.1, -0.05) is 6.42 Å². The predicted molar refractivity (Wildman–Crippen MR) is 74.5 cm³/mol. The van der Waals surface area contributed by atoms with E-state index in [1.807, 2.05) is 12.1 Å². The van der Waals surface area contributed by atoms with Gasteiger partial charge in [0.25, 0.3) is 0 Å². The number of hydrogen-bond acceptors (Lipinski definition) is 4. The summed E-state index contributed by atoms with van der Waals surface area (Å²) in [6.07, 6.45) is 8.26. The minimum absolute atomic E-state index is 0.544. The third kappa shape index (κ3) is 2.17. The Kier molecular flexibility index (Phi) is 3.12. The smallest absolute Gasteiger partial charge is 0.146 e. The van der Waals surface area contributed by atoms with Crippen LogP contribution < -0.4 is 11.1 Å². The molecule has 0 aliphatic carbocycles. The fourth-order valence-electron chi connectivity index (χ4n) is 3.49. The lowest BCUT2D eigenvalue weighted by Crippen LogP contribution is -2.52. The average molecular weight is 246 g/mol.